The van der Waals surface area contributed by atoms with Crippen LogP contribution in [-0.2, 0) is 6.61 Å². The lowest BCUT2D eigenvalue weighted by molar-refractivity contribution is 0.107. The second-order valence-electron chi connectivity index (χ2n) is 17.5. The van der Waals surface area contributed by atoms with Gasteiger partial charge in [-0.2, -0.15) is 9.97 Å². The molecule has 14 heteroatoms. The van der Waals surface area contributed by atoms with Gasteiger partial charge in [-0.15, -0.1) is 18.0 Å². The molecule has 306 valence electrons. The number of hydrogen-bond donors (Lipinski definition) is 3. The van der Waals surface area contributed by atoms with E-state index in [2.05, 4.69) is 73.1 Å². The third kappa shape index (κ3) is 7.13. The number of benzene rings is 2. The summed E-state index contributed by atoms with van der Waals surface area (Å²) in [5, 5.41) is 26.6. The molecule has 9 nitrogen and oxygen atoms in total. The van der Waals surface area contributed by atoms with Crippen LogP contribution < -0.4 is 15.0 Å². The number of piperazine rings is 1. The van der Waals surface area contributed by atoms with E-state index in [1.54, 1.807) is 6.07 Å². The second-order valence-corrected chi connectivity index (χ2v) is 23.1. The first-order valence-corrected chi connectivity index (χ1v) is 22.5. The molecule has 8 rings (SSSR count). The molecule has 4 aliphatic heterocycles. The molecule has 4 atom stereocenters. The highest BCUT2D eigenvalue weighted by atomic mass is 35.5. The number of nitrogens with one attached hydrogen (secondary N) is 1. The third-order valence-corrected chi connectivity index (χ3v) is 19.6. The lowest BCUT2D eigenvalue weighted by atomic mass is 9.95. The number of anilines is 1. The quantitative estimate of drug-likeness (QED) is 0.114. The van der Waals surface area contributed by atoms with E-state index >= 15 is 8.78 Å². The first kappa shape index (κ1) is 41.5. The summed E-state index contributed by atoms with van der Waals surface area (Å²) in [6.07, 6.45) is 3.13. The standard InChI is InChI=1S/C43H53F3N6O3Si.ClH/c1-24(2)56(25(3)4,26(5)6)15-12-32-34(45)11-8-27-16-31(54)17-33(36(27)32)39-38(46)40-37(35(22-53)48-39)41(51-20-29-9-10-30(21-51)47-29)50-42(49-40)55-23-43-13-7-14-52(43)19-28(44)18-43;/h8,11,16-17,24-26,28-30,47,53-54H,7,9-10,13-14,18-23H2,1-6H3;1H/t28-,29-,30+,43+;/m1./s1. The summed E-state index contributed by atoms with van der Waals surface area (Å²) in [6.45, 7) is 15.1. The fraction of sp³-hybridized carbons (Fsp3) is 0.558. The third-order valence-electron chi connectivity index (χ3n) is 13.3. The topological polar surface area (TPSA) is 107 Å². The van der Waals surface area contributed by atoms with Crippen LogP contribution in [0.25, 0.3) is 32.9 Å². The molecule has 2 aromatic heterocycles. The number of phenolic OH excluding ortho intramolecular Hbond substituents is 1. The van der Waals surface area contributed by atoms with Crippen LogP contribution in [0.1, 0.15) is 84.9 Å². The van der Waals surface area contributed by atoms with E-state index < -0.39 is 38.0 Å². The SMILES string of the molecule is CC(C)[Si](C#Cc1c(F)ccc2cc(O)cc(-c3nc(CO)c4c(N5C[C@H]6CC[C@@H](C5)N6)nc(OC[C@@]56CCCN5C[C@H](F)C6)nc4c3F)c12)(C(C)C)C(C)C.Cl. The summed E-state index contributed by atoms with van der Waals surface area (Å²) in [5.74, 6) is 2.14. The summed E-state index contributed by atoms with van der Waals surface area (Å²) < 4.78 is 54.7. The van der Waals surface area contributed by atoms with Crippen LogP contribution in [0.4, 0.5) is 19.0 Å². The molecular formula is C43H54ClF3N6O3Si. The van der Waals surface area contributed by atoms with E-state index in [0.29, 0.717) is 59.3 Å². The van der Waals surface area contributed by atoms with Crippen molar-refractivity contribution < 1.29 is 28.1 Å². The number of aliphatic hydroxyl groups is 1. The van der Waals surface area contributed by atoms with Crippen molar-refractivity contribution in [1.29, 1.82) is 0 Å². The Balaban J connectivity index is 0.00000496. The van der Waals surface area contributed by atoms with Crippen LogP contribution in [0, 0.1) is 23.1 Å². The lowest BCUT2D eigenvalue weighted by Gasteiger charge is -2.38. The van der Waals surface area contributed by atoms with Gasteiger partial charge in [-0.25, -0.2) is 18.2 Å². The summed E-state index contributed by atoms with van der Waals surface area (Å²) in [7, 11) is -2.32. The molecule has 2 aromatic carbocycles. The molecule has 0 radical (unpaired) electrons. The highest BCUT2D eigenvalue weighted by Gasteiger charge is 2.49. The van der Waals surface area contributed by atoms with E-state index in [0.717, 1.165) is 32.2 Å². The molecule has 57 heavy (non-hydrogen) atoms. The average molecular weight is 823 g/mol. The Morgan fingerprint density at radius 2 is 1.68 bits per heavy atom. The minimum atomic E-state index is -2.32. The van der Waals surface area contributed by atoms with E-state index in [1.807, 2.05) is 0 Å². The lowest BCUT2D eigenvalue weighted by Crippen LogP contribution is -2.51. The number of alkyl halides is 1. The highest BCUT2D eigenvalue weighted by molar-refractivity contribution is 6.90. The van der Waals surface area contributed by atoms with Gasteiger partial charge in [-0.05, 0) is 72.4 Å². The molecule has 4 aliphatic rings. The number of aromatic hydroxyl groups is 1. The van der Waals surface area contributed by atoms with Crippen molar-refractivity contribution in [1.82, 2.24) is 25.2 Å². The van der Waals surface area contributed by atoms with Crippen molar-refractivity contribution in [3.05, 3.63) is 47.2 Å². The van der Waals surface area contributed by atoms with Crippen molar-refractivity contribution >= 4 is 48.0 Å². The molecule has 0 aliphatic carbocycles. The highest BCUT2D eigenvalue weighted by Crippen LogP contribution is 2.44. The van der Waals surface area contributed by atoms with E-state index in [-0.39, 0.29) is 76.3 Å². The number of aromatic nitrogens is 3. The number of pyridine rings is 1. The minimum Gasteiger partial charge on any atom is -0.508 e. The minimum absolute atomic E-state index is 0. The smallest absolute Gasteiger partial charge is 0.319 e. The Morgan fingerprint density at radius 1 is 0.982 bits per heavy atom. The summed E-state index contributed by atoms with van der Waals surface area (Å²) >= 11 is 0. The number of hydrogen-bond acceptors (Lipinski definition) is 9. The number of fused-ring (bicyclic) bond motifs is 5. The van der Waals surface area contributed by atoms with E-state index in [1.165, 1.54) is 18.2 Å². The Morgan fingerprint density at radius 3 is 2.35 bits per heavy atom. The van der Waals surface area contributed by atoms with Crippen molar-refractivity contribution in [2.24, 2.45) is 0 Å². The molecule has 4 saturated heterocycles. The Kier molecular flexibility index (Phi) is 11.5. The van der Waals surface area contributed by atoms with Crippen molar-refractivity contribution in [2.75, 3.05) is 37.7 Å². The first-order chi connectivity index (χ1) is 26.7. The molecule has 4 aromatic rings. The maximum atomic E-state index is 17.6. The molecule has 0 unspecified atom stereocenters. The first-order valence-electron chi connectivity index (χ1n) is 20.3. The van der Waals surface area contributed by atoms with Crippen molar-refractivity contribution in [3.8, 4) is 34.5 Å². The normalized spacial score (nSPS) is 23.5. The van der Waals surface area contributed by atoms with Crippen LogP contribution in [0.5, 0.6) is 11.8 Å². The molecule has 6 heterocycles. The van der Waals surface area contributed by atoms with Crippen LogP contribution in [-0.4, -0.2) is 94.7 Å². The zero-order valence-corrected chi connectivity index (χ0v) is 35.4. The van der Waals surface area contributed by atoms with Gasteiger partial charge in [0.1, 0.15) is 49.4 Å². The maximum absolute atomic E-state index is 17.6. The molecule has 0 spiro atoms. The number of aliphatic hydroxyl groups excluding tert-OH is 1. The van der Waals surface area contributed by atoms with E-state index in [9.17, 15) is 14.6 Å². The fourth-order valence-electron chi connectivity index (χ4n) is 10.7. The predicted molar refractivity (Wildman–Crippen MR) is 224 cm³/mol. The van der Waals surface area contributed by atoms with Gasteiger partial charge in [0.15, 0.2) is 5.82 Å². The Labute approximate surface area is 340 Å². The van der Waals surface area contributed by atoms with E-state index in [4.69, 9.17) is 14.7 Å². The van der Waals surface area contributed by atoms with Gasteiger partial charge in [-0.1, -0.05) is 53.5 Å². The molecule has 2 bridgehead atoms. The summed E-state index contributed by atoms with van der Waals surface area (Å²) in [4.78, 5) is 18.5. The maximum Gasteiger partial charge on any atom is 0.319 e. The van der Waals surface area contributed by atoms with Gasteiger partial charge in [0.05, 0.1) is 28.8 Å². The van der Waals surface area contributed by atoms with Gasteiger partial charge in [0.2, 0.25) is 0 Å². The summed E-state index contributed by atoms with van der Waals surface area (Å²) in [6, 6.07) is 6.16. The molecule has 0 saturated carbocycles. The second kappa shape index (κ2) is 15.8. The van der Waals surface area contributed by atoms with Gasteiger partial charge < -0.3 is 25.2 Å². The fourth-order valence-corrected chi connectivity index (χ4v) is 16.0. The molecule has 4 fully saturated rings. The van der Waals surface area contributed by atoms with Crippen LogP contribution in [0.3, 0.4) is 0 Å². The summed E-state index contributed by atoms with van der Waals surface area (Å²) in [5.41, 5.74) is 4.09. The Bertz CT molecular complexity index is 2220. The monoisotopic (exact) mass is 822 g/mol. The number of nitrogens with zero attached hydrogens (tertiary/aromatic N) is 5. The number of ether oxygens (including phenoxy) is 1. The molecule has 3 N–H and O–H groups in total. The van der Waals surface area contributed by atoms with Crippen LogP contribution in [0.15, 0.2) is 24.3 Å². The zero-order valence-electron chi connectivity index (χ0n) is 33.6. The van der Waals surface area contributed by atoms with Gasteiger partial charge in [0, 0.05) is 49.1 Å². The molecular weight excluding hydrogens is 769 g/mol. The average Bonchev–Trinajstić information content (AvgIpc) is 3.80. The number of halogens is 4. The zero-order chi connectivity index (χ0) is 39.7. The molecule has 0 amide bonds. The Hall–Kier alpha value is -3.67. The number of rotatable bonds is 9. The van der Waals surface area contributed by atoms with Crippen LogP contribution in [0.2, 0.25) is 16.6 Å². The van der Waals surface area contributed by atoms with Gasteiger partial charge in [0.25, 0.3) is 0 Å². The van der Waals surface area contributed by atoms with Crippen LogP contribution >= 0.6 is 12.4 Å². The van der Waals surface area contributed by atoms with Crippen molar-refractivity contribution in [3.63, 3.8) is 0 Å². The number of phenols is 1. The van der Waals surface area contributed by atoms with Gasteiger partial charge >= 0.3 is 6.01 Å². The van der Waals surface area contributed by atoms with Gasteiger partial charge in [-0.3, -0.25) is 4.90 Å². The largest absolute Gasteiger partial charge is 0.508 e. The van der Waals surface area contributed by atoms with Crippen molar-refractivity contribution in [2.45, 2.75) is 121 Å². The predicted octanol–water partition coefficient (Wildman–Crippen LogP) is 8.21.